The van der Waals surface area contributed by atoms with E-state index in [-0.39, 0.29) is 11.5 Å². The first-order valence-electron chi connectivity index (χ1n) is 5.73. The summed E-state index contributed by atoms with van der Waals surface area (Å²) in [6, 6.07) is 7.85. The number of benzene rings is 1. The maximum atomic E-state index is 11.0. The second kappa shape index (κ2) is 4.96. The summed E-state index contributed by atoms with van der Waals surface area (Å²) in [7, 11) is 1.57. The van der Waals surface area contributed by atoms with Crippen LogP contribution in [0.3, 0.4) is 0 Å². The predicted octanol–water partition coefficient (Wildman–Crippen LogP) is 3.02. The Balaban J connectivity index is 1.92. The molecule has 1 aromatic carbocycles. The van der Waals surface area contributed by atoms with E-state index in [0.29, 0.717) is 6.61 Å². The topological polar surface area (TPSA) is 38.3 Å². The first kappa shape index (κ1) is 12.2. The highest BCUT2D eigenvalue weighted by molar-refractivity contribution is 6.30. The van der Waals surface area contributed by atoms with Gasteiger partial charge < -0.3 is 10.1 Å². The maximum absolute atomic E-state index is 11.0. The van der Waals surface area contributed by atoms with E-state index in [1.165, 1.54) is 5.56 Å². The highest BCUT2D eigenvalue weighted by atomic mass is 35.5. The van der Waals surface area contributed by atoms with Gasteiger partial charge >= 0.3 is 6.09 Å². The molecule has 2 rings (SSSR count). The first-order chi connectivity index (χ1) is 8.13. The predicted molar refractivity (Wildman–Crippen MR) is 67.2 cm³/mol. The van der Waals surface area contributed by atoms with Crippen molar-refractivity contribution in [2.45, 2.75) is 19.3 Å². The molecule has 92 valence electrons. The van der Waals surface area contributed by atoms with Gasteiger partial charge in [-0.1, -0.05) is 23.7 Å². The maximum Gasteiger partial charge on any atom is 0.406 e. The summed E-state index contributed by atoms with van der Waals surface area (Å²) in [6.07, 6.45) is 2.78. The van der Waals surface area contributed by atoms with Crippen LogP contribution in [0.25, 0.3) is 0 Å². The zero-order valence-corrected chi connectivity index (χ0v) is 10.6. The van der Waals surface area contributed by atoms with Crippen LogP contribution in [-0.2, 0) is 11.2 Å². The van der Waals surface area contributed by atoms with Crippen LogP contribution in [0.1, 0.15) is 18.4 Å². The molecule has 17 heavy (non-hydrogen) atoms. The molecule has 1 aromatic rings. The lowest BCUT2D eigenvalue weighted by molar-refractivity contribution is 0.122. The number of ether oxygens (including phenoxy) is 1. The van der Waals surface area contributed by atoms with Crippen LogP contribution in [0.2, 0.25) is 5.02 Å². The molecule has 1 saturated carbocycles. The van der Waals surface area contributed by atoms with Crippen molar-refractivity contribution in [3.8, 4) is 0 Å². The molecule has 0 unspecified atom stereocenters. The number of carbonyl (C=O) groups is 1. The van der Waals surface area contributed by atoms with E-state index in [4.69, 9.17) is 16.3 Å². The van der Waals surface area contributed by atoms with Crippen LogP contribution >= 0.6 is 11.6 Å². The second-order valence-corrected chi connectivity index (χ2v) is 5.07. The summed E-state index contributed by atoms with van der Waals surface area (Å²) < 4.78 is 5.14. The van der Waals surface area contributed by atoms with Gasteiger partial charge in [0.15, 0.2) is 0 Å². The van der Waals surface area contributed by atoms with Gasteiger partial charge in [-0.15, -0.1) is 0 Å². The highest BCUT2D eigenvalue weighted by Gasteiger charge is 2.43. The van der Waals surface area contributed by atoms with Gasteiger partial charge in [0.2, 0.25) is 0 Å². The van der Waals surface area contributed by atoms with Gasteiger partial charge in [0, 0.05) is 17.5 Å². The van der Waals surface area contributed by atoms with Crippen molar-refractivity contribution >= 4 is 17.7 Å². The number of hydrogen-bond donors (Lipinski definition) is 1. The molecule has 0 bridgehead atoms. The number of halogens is 1. The number of rotatable bonds is 4. The summed E-state index contributed by atoms with van der Waals surface area (Å²) in [4.78, 5) is 11.0. The molecule has 1 fully saturated rings. The molecule has 0 saturated heterocycles. The normalized spacial score (nSPS) is 16.4. The Morgan fingerprint density at radius 1 is 1.53 bits per heavy atom. The molecule has 4 heteroatoms. The SMILES string of the molecule is CNC(=O)OCC1(Cc2cccc(Cl)c2)CC1. The summed E-state index contributed by atoms with van der Waals surface area (Å²) in [5.74, 6) is 0. The Morgan fingerprint density at radius 2 is 2.29 bits per heavy atom. The number of amides is 1. The van der Waals surface area contributed by atoms with E-state index in [1.54, 1.807) is 7.05 Å². The van der Waals surface area contributed by atoms with Gasteiger partial charge in [-0.3, -0.25) is 0 Å². The van der Waals surface area contributed by atoms with Gasteiger partial charge in [-0.2, -0.15) is 0 Å². The minimum atomic E-state index is -0.359. The lowest BCUT2D eigenvalue weighted by Crippen LogP contribution is -2.24. The molecule has 0 atom stereocenters. The summed E-state index contributed by atoms with van der Waals surface area (Å²) >= 11 is 5.95. The number of hydrogen-bond acceptors (Lipinski definition) is 2. The minimum Gasteiger partial charge on any atom is -0.449 e. The van der Waals surface area contributed by atoms with Gasteiger partial charge in [0.1, 0.15) is 0 Å². The van der Waals surface area contributed by atoms with Crippen molar-refractivity contribution in [1.82, 2.24) is 5.32 Å². The zero-order chi connectivity index (χ0) is 12.3. The lowest BCUT2D eigenvalue weighted by Gasteiger charge is -2.15. The lowest BCUT2D eigenvalue weighted by atomic mass is 9.97. The molecule has 0 aromatic heterocycles. The van der Waals surface area contributed by atoms with E-state index in [2.05, 4.69) is 11.4 Å². The standard InChI is InChI=1S/C13H16ClNO2/c1-15-12(16)17-9-13(5-6-13)8-10-3-2-4-11(14)7-10/h2-4,7H,5-6,8-9H2,1H3,(H,15,16). The molecule has 0 radical (unpaired) electrons. The number of carbonyl (C=O) groups excluding carboxylic acids is 1. The Morgan fingerprint density at radius 3 is 2.88 bits per heavy atom. The molecular weight excluding hydrogens is 238 g/mol. The molecule has 1 amide bonds. The van der Waals surface area contributed by atoms with Gasteiger partial charge in [-0.05, 0) is 37.0 Å². The van der Waals surface area contributed by atoms with Crippen molar-refractivity contribution in [3.63, 3.8) is 0 Å². The van der Waals surface area contributed by atoms with Crippen LogP contribution in [0.4, 0.5) is 4.79 Å². The third-order valence-electron chi connectivity index (χ3n) is 3.14. The van der Waals surface area contributed by atoms with Crippen LogP contribution in [-0.4, -0.2) is 19.7 Å². The van der Waals surface area contributed by atoms with Crippen molar-refractivity contribution < 1.29 is 9.53 Å². The monoisotopic (exact) mass is 253 g/mol. The van der Waals surface area contributed by atoms with Crippen LogP contribution in [0.5, 0.6) is 0 Å². The molecule has 1 N–H and O–H groups in total. The fourth-order valence-corrected chi connectivity index (χ4v) is 2.13. The van der Waals surface area contributed by atoms with Crippen LogP contribution in [0.15, 0.2) is 24.3 Å². The second-order valence-electron chi connectivity index (χ2n) is 4.63. The molecule has 3 nitrogen and oxygen atoms in total. The third kappa shape index (κ3) is 3.37. The van der Waals surface area contributed by atoms with Crippen LogP contribution < -0.4 is 5.32 Å². The van der Waals surface area contributed by atoms with Gasteiger partial charge in [0.25, 0.3) is 0 Å². The van der Waals surface area contributed by atoms with E-state index in [9.17, 15) is 4.79 Å². The number of alkyl carbamates (subject to hydrolysis) is 1. The Bertz CT molecular complexity index is 416. The van der Waals surface area contributed by atoms with Gasteiger partial charge in [-0.25, -0.2) is 4.79 Å². The zero-order valence-electron chi connectivity index (χ0n) is 9.83. The summed E-state index contributed by atoms with van der Waals surface area (Å²) in [5.41, 5.74) is 1.34. The summed E-state index contributed by atoms with van der Waals surface area (Å²) in [5, 5.41) is 3.21. The van der Waals surface area contributed by atoms with Crippen molar-refractivity contribution in [1.29, 1.82) is 0 Å². The Labute approximate surface area is 106 Å². The van der Waals surface area contributed by atoms with E-state index < -0.39 is 0 Å². The minimum absolute atomic E-state index is 0.136. The largest absolute Gasteiger partial charge is 0.449 e. The molecule has 1 aliphatic rings. The Kier molecular flexibility index (Phi) is 3.57. The van der Waals surface area contributed by atoms with E-state index in [1.807, 2.05) is 18.2 Å². The van der Waals surface area contributed by atoms with Crippen molar-refractivity contribution in [2.75, 3.05) is 13.7 Å². The number of nitrogens with one attached hydrogen (secondary N) is 1. The highest BCUT2D eigenvalue weighted by Crippen LogP contribution is 2.48. The Hall–Kier alpha value is -1.22. The van der Waals surface area contributed by atoms with E-state index >= 15 is 0 Å². The summed E-state index contributed by atoms with van der Waals surface area (Å²) in [6.45, 7) is 0.485. The quantitative estimate of drug-likeness (QED) is 0.896. The molecular formula is C13H16ClNO2. The molecule has 0 heterocycles. The smallest absolute Gasteiger partial charge is 0.406 e. The third-order valence-corrected chi connectivity index (χ3v) is 3.37. The first-order valence-corrected chi connectivity index (χ1v) is 6.10. The molecule has 0 aliphatic heterocycles. The van der Waals surface area contributed by atoms with E-state index in [0.717, 1.165) is 24.3 Å². The van der Waals surface area contributed by atoms with Gasteiger partial charge in [0.05, 0.1) is 6.61 Å². The van der Waals surface area contributed by atoms with Crippen molar-refractivity contribution in [2.24, 2.45) is 5.41 Å². The fraction of sp³-hybridized carbons (Fsp3) is 0.462. The molecule has 1 aliphatic carbocycles. The average Bonchev–Trinajstić information content (AvgIpc) is 3.06. The fourth-order valence-electron chi connectivity index (χ4n) is 1.92. The molecule has 0 spiro atoms. The average molecular weight is 254 g/mol. The van der Waals surface area contributed by atoms with Crippen LogP contribution in [0, 0.1) is 5.41 Å². The van der Waals surface area contributed by atoms with Crippen molar-refractivity contribution in [3.05, 3.63) is 34.9 Å².